The Hall–Kier alpha value is -1.65. The zero-order valence-corrected chi connectivity index (χ0v) is 15.0. The van der Waals surface area contributed by atoms with E-state index >= 15 is 0 Å². The van der Waals surface area contributed by atoms with E-state index in [9.17, 15) is 5.11 Å². The van der Waals surface area contributed by atoms with Crippen LogP contribution in [0.25, 0.3) is 6.08 Å². The molecule has 2 atom stereocenters. The lowest BCUT2D eigenvalue weighted by molar-refractivity contribution is -0.0813. The maximum absolute atomic E-state index is 11.8. The first-order valence-corrected chi connectivity index (χ1v) is 8.86. The second-order valence-corrected chi connectivity index (χ2v) is 7.38. The minimum absolute atomic E-state index is 0.185. The van der Waals surface area contributed by atoms with Crippen LogP contribution in [0.3, 0.4) is 0 Å². The monoisotopic (exact) mass is 345 g/mol. The van der Waals surface area contributed by atoms with Crippen molar-refractivity contribution in [2.24, 2.45) is 5.41 Å². The Balaban J connectivity index is 2.02. The molecule has 2 aromatic rings. The van der Waals surface area contributed by atoms with Crippen molar-refractivity contribution in [1.29, 1.82) is 0 Å². The lowest BCUT2D eigenvalue weighted by Gasteiger charge is -2.50. The predicted molar refractivity (Wildman–Crippen MR) is 96.6 cm³/mol. The lowest BCUT2D eigenvalue weighted by Crippen LogP contribution is -2.53. The molecule has 4 nitrogen and oxygen atoms in total. The van der Waals surface area contributed by atoms with Crippen LogP contribution in [0.4, 0.5) is 0 Å². The molecular weight excluding hydrogens is 322 g/mol. The molecule has 128 valence electrons. The van der Waals surface area contributed by atoms with Gasteiger partial charge in [-0.25, -0.2) is 9.67 Å². The molecule has 1 aliphatic rings. The molecule has 24 heavy (non-hydrogen) atoms. The zero-order chi connectivity index (χ0) is 17.2. The van der Waals surface area contributed by atoms with E-state index in [0.717, 1.165) is 41.8 Å². The van der Waals surface area contributed by atoms with Crippen molar-refractivity contribution in [3.05, 3.63) is 53.1 Å². The Morgan fingerprint density at radius 3 is 2.71 bits per heavy atom. The molecule has 0 spiro atoms. The van der Waals surface area contributed by atoms with Crippen LogP contribution in [0, 0.1) is 5.41 Å². The molecule has 5 heteroatoms. The van der Waals surface area contributed by atoms with Gasteiger partial charge in [-0.2, -0.15) is 5.10 Å². The average Bonchev–Trinajstić information content (AvgIpc) is 3.07. The molecule has 2 unspecified atom stereocenters. The third-order valence-electron chi connectivity index (χ3n) is 5.55. The Morgan fingerprint density at radius 1 is 1.33 bits per heavy atom. The van der Waals surface area contributed by atoms with Gasteiger partial charge in [-0.15, -0.1) is 0 Å². The van der Waals surface area contributed by atoms with E-state index in [1.807, 2.05) is 24.3 Å². The van der Waals surface area contributed by atoms with Gasteiger partial charge in [0, 0.05) is 10.4 Å². The quantitative estimate of drug-likeness (QED) is 0.896. The van der Waals surface area contributed by atoms with E-state index in [0.29, 0.717) is 6.54 Å². The summed E-state index contributed by atoms with van der Waals surface area (Å²) in [5, 5.41) is 16.7. The van der Waals surface area contributed by atoms with Gasteiger partial charge >= 0.3 is 0 Å². The Labute approximate surface area is 148 Å². The number of aromatic nitrogens is 3. The normalized spacial score (nSPS) is 29.1. The molecule has 1 aromatic heterocycles. The van der Waals surface area contributed by atoms with E-state index in [4.69, 9.17) is 11.6 Å². The number of hydrogen-bond acceptors (Lipinski definition) is 3. The van der Waals surface area contributed by atoms with E-state index in [-0.39, 0.29) is 5.41 Å². The minimum Gasteiger partial charge on any atom is -0.383 e. The summed E-state index contributed by atoms with van der Waals surface area (Å²) in [6.07, 6.45) is 9.19. The van der Waals surface area contributed by atoms with Crippen molar-refractivity contribution in [3.8, 4) is 0 Å². The van der Waals surface area contributed by atoms with Gasteiger partial charge in [-0.1, -0.05) is 43.7 Å². The number of halogens is 1. The summed E-state index contributed by atoms with van der Waals surface area (Å²) >= 11 is 5.98. The molecule has 0 saturated heterocycles. The first-order chi connectivity index (χ1) is 11.5. The summed E-state index contributed by atoms with van der Waals surface area (Å²) in [7, 11) is 0. The molecule has 0 aliphatic heterocycles. The molecule has 1 fully saturated rings. The van der Waals surface area contributed by atoms with Crippen molar-refractivity contribution in [2.45, 2.75) is 51.7 Å². The van der Waals surface area contributed by atoms with E-state index < -0.39 is 5.60 Å². The topological polar surface area (TPSA) is 50.9 Å². The van der Waals surface area contributed by atoms with Crippen molar-refractivity contribution in [2.75, 3.05) is 0 Å². The number of rotatable bonds is 4. The van der Waals surface area contributed by atoms with Crippen LogP contribution in [0.5, 0.6) is 0 Å². The van der Waals surface area contributed by atoms with E-state index in [1.165, 1.54) is 6.33 Å². The third-order valence-corrected chi connectivity index (χ3v) is 5.80. The summed E-state index contributed by atoms with van der Waals surface area (Å²) in [4.78, 5) is 4.02. The highest BCUT2D eigenvalue weighted by molar-refractivity contribution is 6.30. The van der Waals surface area contributed by atoms with Crippen molar-refractivity contribution in [3.63, 3.8) is 0 Å². The molecular formula is C19H24ClN3O. The number of nitrogens with zero attached hydrogens (tertiary/aromatic N) is 3. The average molecular weight is 346 g/mol. The fourth-order valence-electron chi connectivity index (χ4n) is 3.73. The van der Waals surface area contributed by atoms with E-state index in [2.05, 4.69) is 30.0 Å². The van der Waals surface area contributed by atoms with Gasteiger partial charge in [0.15, 0.2) is 0 Å². The van der Waals surface area contributed by atoms with Gasteiger partial charge in [-0.05, 0) is 49.0 Å². The summed E-state index contributed by atoms with van der Waals surface area (Å²) in [6.45, 7) is 4.76. The smallest absolute Gasteiger partial charge is 0.137 e. The maximum atomic E-state index is 11.8. The van der Waals surface area contributed by atoms with Crippen molar-refractivity contribution < 1.29 is 5.11 Å². The first kappa shape index (κ1) is 17.2. The van der Waals surface area contributed by atoms with Crippen LogP contribution in [-0.2, 0) is 6.54 Å². The number of aliphatic hydroxyl groups is 1. The van der Waals surface area contributed by atoms with Crippen LogP contribution >= 0.6 is 11.6 Å². The van der Waals surface area contributed by atoms with E-state index in [1.54, 1.807) is 11.0 Å². The largest absolute Gasteiger partial charge is 0.383 e. The van der Waals surface area contributed by atoms with Gasteiger partial charge in [0.1, 0.15) is 18.3 Å². The molecule has 1 N–H and O–H groups in total. The fourth-order valence-corrected chi connectivity index (χ4v) is 3.86. The molecule has 0 amide bonds. The highest BCUT2D eigenvalue weighted by atomic mass is 35.5. The van der Waals surface area contributed by atoms with Gasteiger partial charge < -0.3 is 5.11 Å². The van der Waals surface area contributed by atoms with Crippen LogP contribution in [0.15, 0.2) is 42.5 Å². The zero-order valence-electron chi connectivity index (χ0n) is 14.2. The van der Waals surface area contributed by atoms with Crippen LogP contribution in [-0.4, -0.2) is 25.5 Å². The summed E-state index contributed by atoms with van der Waals surface area (Å²) in [5.41, 5.74) is 1.01. The SMILES string of the molecule is CCC1(C)CCC/C(=C/c2ccc(Cl)cc2)C1(O)Cn1cncn1. The lowest BCUT2D eigenvalue weighted by atomic mass is 9.60. The second-order valence-electron chi connectivity index (χ2n) is 6.94. The van der Waals surface area contributed by atoms with Crippen LogP contribution in [0.1, 0.15) is 45.1 Å². The highest BCUT2D eigenvalue weighted by Gasteiger charge is 2.50. The van der Waals surface area contributed by atoms with Gasteiger partial charge in [-0.3, -0.25) is 0 Å². The maximum Gasteiger partial charge on any atom is 0.137 e. The third kappa shape index (κ3) is 3.13. The number of hydrogen-bond donors (Lipinski definition) is 1. The molecule has 1 heterocycles. The van der Waals surface area contributed by atoms with Gasteiger partial charge in [0.2, 0.25) is 0 Å². The standard InChI is InChI=1S/C19H24ClN3O/c1-3-18(2)10-4-5-16(11-15-6-8-17(20)9-7-15)19(18,24)12-23-14-21-13-22-23/h6-9,11,13-14,24H,3-5,10,12H2,1-2H3/b16-11-. The van der Waals surface area contributed by atoms with Gasteiger partial charge in [0.05, 0.1) is 6.54 Å². The van der Waals surface area contributed by atoms with Crippen LogP contribution < -0.4 is 0 Å². The minimum atomic E-state index is -0.937. The second kappa shape index (κ2) is 6.69. The molecule has 1 aromatic carbocycles. The molecule has 1 saturated carbocycles. The summed E-state index contributed by atoms with van der Waals surface area (Å²) in [6, 6.07) is 7.74. The fraction of sp³-hybridized carbons (Fsp3) is 0.474. The van der Waals surface area contributed by atoms with Crippen molar-refractivity contribution >= 4 is 17.7 Å². The Morgan fingerprint density at radius 2 is 2.08 bits per heavy atom. The first-order valence-electron chi connectivity index (χ1n) is 8.48. The summed E-state index contributed by atoms with van der Waals surface area (Å²) < 4.78 is 1.73. The Kier molecular flexibility index (Phi) is 4.79. The molecule has 1 aliphatic carbocycles. The molecule has 3 rings (SSSR count). The van der Waals surface area contributed by atoms with Crippen molar-refractivity contribution in [1.82, 2.24) is 14.8 Å². The molecule has 0 bridgehead atoms. The predicted octanol–water partition coefficient (Wildman–Crippen LogP) is 4.35. The Bertz CT molecular complexity index is 711. The number of benzene rings is 1. The van der Waals surface area contributed by atoms with Crippen LogP contribution in [0.2, 0.25) is 5.02 Å². The highest BCUT2D eigenvalue weighted by Crippen LogP contribution is 2.50. The summed E-state index contributed by atoms with van der Waals surface area (Å²) in [5.74, 6) is 0. The molecule has 0 radical (unpaired) electrons. The van der Waals surface area contributed by atoms with Gasteiger partial charge in [0.25, 0.3) is 0 Å².